The van der Waals surface area contributed by atoms with Crippen LogP contribution in [0.1, 0.15) is 12.5 Å². The van der Waals surface area contributed by atoms with Crippen molar-refractivity contribution in [3.05, 3.63) is 72.3 Å². The molecule has 11 heteroatoms. The van der Waals surface area contributed by atoms with E-state index in [2.05, 4.69) is 5.32 Å². The van der Waals surface area contributed by atoms with E-state index >= 15 is 0 Å². The highest BCUT2D eigenvalue weighted by molar-refractivity contribution is 7.89. The number of imide groups is 1. The molecule has 4 amide bonds. The molecule has 10 nitrogen and oxygen atoms in total. The van der Waals surface area contributed by atoms with Crippen molar-refractivity contribution in [1.82, 2.24) is 19.4 Å². The standard InChI is InChI=1S/C27H28N4O6S/c1-27(21-8-7-19-5-3-4-6-20(19)17-21)25(33)31(26(34)28-27)18-24(32)29-13-15-30(16-14-29)38(35,36)23-11-9-22(37-2)10-12-23/h3-12,17H,13-16,18H2,1-2H3,(H,28,34)/t27-/m0/s1. The minimum Gasteiger partial charge on any atom is -0.497 e. The highest BCUT2D eigenvalue weighted by atomic mass is 32.2. The van der Waals surface area contributed by atoms with Crippen LogP contribution in [-0.2, 0) is 25.2 Å². The van der Waals surface area contributed by atoms with Crippen LogP contribution < -0.4 is 10.1 Å². The zero-order chi connectivity index (χ0) is 27.1. The molecule has 2 saturated heterocycles. The SMILES string of the molecule is COc1ccc(S(=O)(=O)N2CCN(C(=O)CN3C(=O)N[C@@](C)(c4ccc5ccccc5c4)C3=O)CC2)cc1. The number of nitrogens with zero attached hydrogens (tertiary/aromatic N) is 3. The zero-order valence-electron chi connectivity index (χ0n) is 21.1. The quantitative estimate of drug-likeness (QED) is 0.483. The Balaban J connectivity index is 1.24. The molecule has 1 N–H and O–H groups in total. The van der Waals surface area contributed by atoms with Gasteiger partial charge in [-0.15, -0.1) is 0 Å². The second-order valence-corrected chi connectivity index (χ2v) is 11.4. The highest BCUT2D eigenvalue weighted by Crippen LogP contribution is 2.31. The first-order valence-electron chi connectivity index (χ1n) is 12.2. The minimum atomic E-state index is -3.73. The van der Waals surface area contributed by atoms with Gasteiger partial charge in [-0.1, -0.05) is 36.4 Å². The molecular weight excluding hydrogens is 508 g/mol. The predicted molar refractivity (Wildman–Crippen MR) is 140 cm³/mol. The van der Waals surface area contributed by atoms with Crippen molar-refractivity contribution >= 4 is 38.6 Å². The van der Waals surface area contributed by atoms with Crippen molar-refractivity contribution in [3.8, 4) is 5.75 Å². The van der Waals surface area contributed by atoms with Gasteiger partial charge in [0.25, 0.3) is 5.91 Å². The lowest BCUT2D eigenvalue weighted by Crippen LogP contribution is -2.53. The molecule has 0 radical (unpaired) electrons. The van der Waals surface area contributed by atoms with Gasteiger partial charge in [0.05, 0.1) is 12.0 Å². The molecule has 198 valence electrons. The number of rotatable bonds is 6. The molecular formula is C27H28N4O6S. The summed E-state index contributed by atoms with van der Waals surface area (Å²) in [5.74, 6) is -0.374. The number of hydrogen-bond donors (Lipinski definition) is 1. The maximum atomic E-state index is 13.4. The number of hydrogen-bond acceptors (Lipinski definition) is 6. The molecule has 0 unspecified atom stereocenters. The van der Waals surface area contributed by atoms with Crippen molar-refractivity contribution in [3.63, 3.8) is 0 Å². The van der Waals surface area contributed by atoms with Gasteiger partial charge in [0, 0.05) is 26.2 Å². The second-order valence-electron chi connectivity index (χ2n) is 9.47. The number of piperazine rings is 1. The Morgan fingerprint density at radius 1 is 0.947 bits per heavy atom. The molecule has 0 aromatic heterocycles. The number of benzene rings is 3. The molecule has 1 atom stereocenters. The fourth-order valence-electron chi connectivity index (χ4n) is 4.85. The number of nitrogens with one attached hydrogen (secondary N) is 1. The summed E-state index contributed by atoms with van der Waals surface area (Å²) in [5.41, 5.74) is -0.672. The lowest BCUT2D eigenvalue weighted by Gasteiger charge is -2.34. The Kier molecular flexibility index (Phi) is 6.58. The molecule has 2 heterocycles. The van der Waals surface area contributed by atoms with Crippen LogP contribution in [0.15, 0.2) is 71.6 Å². The van der Waals surface area contributed by atoms with Crippen LogP contribution in [-0.4, -0.2) is 80.2 Å². The molecule has 0 spiro atoms. The average molecular weight is 537 g/mol. The summed E-state index contributed by atoms with van der Waals surface area (Å²) in [7, 11) is -2.22. The molecule has 38 heavy (non-hydrogen) atoms. The van der Waals surface area contributed by atoms with Crippen LogP contribution in [0.2, 0.25) is 0 Å². The highest BCUT2D eigenvalue weighted by Gasteiger charge is 2.50. The van der Waals surface area contributed by atoms with Gasteiger partial charge < -0.3 is 15.0 Å². The summed E-state index contributed by atoms with van der Waals surface area (Å²) < 4.78 is 32.4. The number of fused-ring (bicyclic) bond motifs is 1. The summed E-state index contributed by atoms with van der Waals surface area (Å²) in [6, 6.07) is 18.8. The molecule has 2 aliphatic rings. The first-order valence-corrected chi connectivity index (χ1v) is 13.6. The first-order chi connectivity index (χ1) is 18.1. The van der Waals surface area contributed by atoms with Crippen molar-refractivity contribution in [2.75, 3.05) is 39.8 Å². The number of carbonyl (C=O) groups excluding carboxylic acids is 3. The van der Waals surface area contributed by atoms with E-state index in [1.807, 2.05) is 36.4 Å². The van der Waals surface area contributed by atoms with Gasteiger partial charge in [-0.3, -0.25) is 14.5 Å². The van der Waals surface area contributed by atoms with Gasteiger partial charge in [0.2, 0.25) is 15.9 Å². The zero-order valence-corrected chi connectivity index (χ0v) is 21.9. The van der Waals surface area contributed by atoms with Crippen molar-refractivity contribution < 1.29 is 27.5 Å². The van der Waals surface area contributed by atoms with E-state index in [4.69, 9.17) is 4.74 Å². The fourth-order valence-corrected chi connectivity index (χ4v) is 6.27. The Bertz CT molecular complexity index is 1520. The maximum Gasteiger partial charge on any atom is 0.325 e. The van der Waals surface area contributed by atoms with Crippen LogP contribution in [0, 0.1) is 0 Å². The van der Waals surface area contributed by atoms with Gasteiger partial charge in [-0.25, -0.2) is 13.2 Å². The van der Waals surface area contributed by atoms with Gasteiger partial charge in [-0.2, -0.15) is 4.31 Å². The molecule has 3 aromatic rings. The lowest BCUT2D eigenvalue weighted by atomic mass is 9.90. The summed E-state index contributed by atoms with van der Waals surface area (Å²) in [6.07, 6.45) is 0. The van der Waals surface area contributed by atoms with Crippen molar-refractivity contribution in [2.45, 2.75) is 17.4 Å². The monoisotopic (exact) mass is 536 g/mol. The largest absolute Gasteiger partial charge is 0.497 e. The Hall–Kier alpha value is -3.96. The molecule has 0 aliphatic carbocycles. The van der Waals surface area contributed by atoms with E-state index in [9.17, 15) is 22.8 Å². The van der Waals surface area contributed by atoms with E-state index < -0.39 is 40.0 Å². The third-order valence-electron chi connectivity index (χ3n) is 7.18. The number of amides is 4. The van der Waals surface area contributed by atoms with Crippen LogP contribution >= 0.6 is 0 Å². The Labute approximate surface area is 220 Å². The van der Waals surface area contributed by atoms with Crippen LogP contribution in [0.4, 0.5) is 4.79 Å². The van der Waals surface area contributed by atoms with E-state index in [-0.39, 0.29) is 31.1 Å². The van der Waals surface area contributed by atoms with Gasteiger partial charge in [0.15, 0.2) is 0 Å². The molecule has 2 fully saturated rings. The van der Waals surface area contributed by atoms with E-state index in [1.165, 1.54) is 28.4 Å². The lowest BCUT2D eigenvalue weighted by molar-refractivity contribution is -0.139. The number of sulfonamides is 1. The van der Waals surface area contributed by atoms with E-state index in [0.717, 1.165) is 15.7 Å². The fraction of sp³-hybridized carbons (Fsp3) is 0.296. The van der Waals surface area contributed by atoms with E-state index in [1.54, 1.807) is 25.1 Å². The van der Waals surface area contributed by atoms with Gasteiger partial charge in [0.1, 0.15) is 17.8 Å². The Morgan fingerprint density at radius 2 is 1.61 bits per heavy atom. The Morgan fingerprint density at radius 3 is 2.26 bits per heavy atom. The number of carbonyl (C=O) groups is 3. The minimum absolute atomic E-state index is 0.106. The molecule has 3 aromatic carbocycles. The van der Waals surface area contributed by atoms with Gasteiger partial charge in [-0.05, 0) is 53.6 Å². The average Bonchev–Trinajstić information content (AvgIpc) is 3.16. The third-order valence-corrected chi connectivity index (χ3v) is 9.10. The molecule has 0 bridgehead atoms. The topological polar surface area (TPSA) is 116 Å². The summed E-state index contributed by atoms with van der Waals surface area (Å²) in [6.45, 7) is 1.73. The second kappa shape index (κ2) is 9.73. The van der Waals surface area contributed by atoms with Crippen molar-refractivity contribution in [2.24, 2.45) is 0 Å². The normalized spacial score (nSPS) is 20.6. The molecule has 5 rings (SSSR count). The van der Waals surface area contributed by atoms with Crippen LogP contribution in [0.5, 0.6) is 5.75 Å². The maximum absolute atomic E-state index is 13.4. The van der Waals surface area contributed by atoms with Crippen LogP contribution in [0.3, 0.4) is 0 Å². The third kappa shape index (κ3) is 4.48. The molecule has 2 aliphatic heterocycles. The summed E-state index contributed by atoms with van der Waals surface area (Å²) in [5, 5.41) is 4.69. The number of ether oxygens (including phenoxy) is 1. The van der Waals surface area contributed by atoms with E-state index in [0.29, 0.717) is 11.3 Å². The predicted octanol–water partition coefficient (Wildman–Crippen LogP) is 2.15. The smallest absolute Gasteiger partial charge is 0.325 e. The molecule has 0 saturated carbocycles. The van der Waals surface area contributed by atoms with Gasteiger partial charge >= 0.3 is 6.03 Å². The first kappa shape index (κ1) is 25.7. The summed E-state index contributed by atoms with van der Waals surface area (Å²) >= 11 is 0. The number of methoxy groups -OCH3 is 1. The van der Waals surface area contributed by atoms with Crippen LogP contribution in [0.25, 0.3) is 10.8 Å². The number of urea groups is 1. The summed E-state index contributed by atoms with van der Waals surface area (Å²) in [4.78, 5) is 41.7. The van der Waals surface area contributed by atoms with Crippen molar-refractivity contribution in [1.29, 1.82) is 0 Å².